The molecule has 26 heavy (non-hydrogen) atoms. The average molecular weight is 363 g/mol. The molecule has 2 aromatic carbocycles. The number of benzene rings is 2. The first-order chi connectivity index (χ1) is 11.2. The first-order valence-corrected chi connectivity index (χ1v) is 15.6. The van der Waals surface area contributed by atoms with E-state index in [9.17, 15) is 0 Å². The van der Waals surface area contributed by atoms with Gasteiger partial charge in [0.25, 0.3) is 0 Å². The van der Waals surface area contributed by atoms with Crippen molar-refractivity contribution in [2.75, 3.05) is 0 Å². The van der Waals surface area contributed by atoms with Gasteiger partial charge in [-0.25, -0.2) is 0 Å². The zero-order chi connectivity index (χ0) is 17.8. The monoisotopic (exact) mass is 362 g/mol. The van der Waals surface area contributed by atoms with E-state index in [0.717, 1.165) is 0 Å². The zero-order valence-corrected chi connectivity index (χ0v) is 19.8. The fraction of sp³-hybridized carbons (Fsp3) is 0.273. The molecule has 0 aliphatic carbocycles. The molecule has 0 aliphatic heterocycles. The van der Waals surface area contributed by atoms with E-state index in [1.807, 2.05) is 0 Å². The van der Waals surface area contributed by atoms with Gasteiger partial charge in [0.05, 0.1) is 0 Å². The molecule has 0 unspecified atom stereocenters. The molecule has 0 saturated heterocycles. The van der Waals surface area contributed by atoms with Gasteiger partial charge in [-0.3, -0.25) is 22.5 Å². The van der Waals surface area contributed by atoms with Gasteiger partial charge >= 0.3 is 37.7 Å². The SMILES string of the molecule is C[Si](C)(C)[C-]=C(C(=[C-][Si](C)(C)C)c1ccccc1)c1ccccc1.[Li+].[Li+]. The van der Waals surface area contributed by atoms with Crippen molar-refractivity contribution < 1.29 is 37.7 Å². The minimum Gasteiger partial charge on any atom is -0.297 e. The van der Waals surface area contributed by atoms with Gasteiger partial charge in [0.2, 0.25) is 0 Å². The van der Waals surface area contributed by atoms with Crippen LogP contribution in [0.4, 0.5) is 0 Å². The largest absolute Gasteiger partial charge is 1.00 e. The van der Waals surface area contributed by atoms with Gasteiger partial charge in [0, 0.05) is 0 Å². The molecule has 2 rings (SSSR count). The fourth-order valence-electron chi connectivity index (χ4n) is 2.52. The molecule has 0 atom stereocenters. The average Bonchev–Trinajstić information content (AvgIpc) is 2.50. The number of hydrogen-bond donors (Lipinski definition) is 0. The summed E-state index contributed by atoms with van der Waals surface area (Å²) >= 11 is 0. The summed E-state index contributed by atoms with van der Waals surface area (Å²) in [5, 5.41) is 0. The van der Waals surface area contributed by atoms with Crippen LogP contribution in [-0.4, -0.2) is 16.1 Å². The van der Waals surface area contributed by atoms with Crippen LogP contribution in [0.1, 0.15) is 11.1 Å². The molecule has 4 heteroatoms. The van der Waals surface area contributed by atoms with Crippen LogP contribution in [0.2, 0.25) is 39.3 Å². The Kier molecular flexibility index (Phi) is 10.6. The van der Waals surface area contributed by atoms with Gasteiger partial charge in [0.15, 0.2) is 0 Å². The Balaban J connectivity index is 0.00000312. The third kappa shape index (κ3) is 8.49. The van der Waals surface area contributed by atoms with Crippen molar-refractivity contribution in [3.8, 4) is 0 Å². The summed E-state index contributed by atoms with van der Waals surface area (Å²) in [6.45, 7) is 14.0. The Morgan fingerprint density at radius 2 is 0.808 bits per heavy atom. The Labute approximate surface area is 186 Å². The van der Waals surface area contributed by atoms with Crippen molar-refractivity contribution >= 4 is 27.3 Å². The summed E-state index contributed by atoms with van der Waals surface area (Å²) in [4.78, 5) is 0. The first kappa shape index (κ1) is 25.5. The van der Waals surface area contributed by atoms with E-state index >= 15 is 0 Å². The summed E-state index contributed by atoms with van der Waals surface area (Å²) in [7, 11) is -3.01. The molecule has 0 fully saturated rings. The Morgan fingerprint density at radius 3 is 1.04 bits per heavy atom. The van der Waals surface area contributed by atoms with Crippen molar-refractivity contribution in [2.45, 2.75) is 39.3 Å². The van der Waals surface area contributed by atoms with Gasteiger partial charge in [-0.05, 0) is 16.1 Å². The van der Waals surface area contributed by atoms with Gasteiger partial charge in [-0.15, -0.1) is 24.3 Å². The zero-order valence-electron chi connectivity index (χ0n) is 17.8. The van der Waals surface area contributed by atoms with Crippen LogP contribution in [0, 0.1) is 11.4 Å². The molecule has 0 radical (unpaired) electrons. The minimum atomic E-state index is -1.51. The molecule has 0 spiro atoms. The maximum atomic E-state index is 3.87. The van der Waals surface area contributed by atoms with E-state index in [-0.39, 0.29) is 37.7 Å². The Bertz CT molecular complexity index is 657. The van der Waals surface area contributed by atoms with E-state index in [4.69, 9.17) is 0 Å². The molecule has 2 aromatic rings. The molecule has 0 saturated carbocycles. The molecular weight excluding hydrogens is 334 g/mol. The smallest absolute Gasteiger partial charge is 0.297 e. The molecule has 0 nitrogen and oxygen atoms in total. The molecular formula is C22H28Li2Si2. The van der Waals surface area contributed by atoms with E-state index in [1.165, 1.54) is 22.3 Å². The van der Waals surface area contributed by atoms with Crippen molar-refractivity contribution in [1.82, 2.24) is 0 Å². The summed E-state index contributed by atoms with van der Waals surface area (Å²) in [6, 6.07) is 21.4. The standard InChI is InChI=1S/C22H28Si2.2Li/c1-23(2,3)17-21(19-13-9-7-10-14-19)22(18-24(4,5)6)20-15-11-8-12-16-20;;/h7-16H,1-6H3;;/q-2;2*+1. The Morgan fingerprint density at radius 1 is 0.538 bits per heavy atom. The first-order valence-electron chi connectivity index (χ1n) is 8.57. The second kappa shape index (κ2) is 10.8. The maximum absolute atomic E-state index is 3.87. The molecule has 0 heterocycles. The van der Waals surface area contributed by atoms with E-state index in [0.29, 0.717) is 0 Å². The molecule has 0 aliphatic rings. The molecule has 0 aromatic heterocycles. The van der Waals surface area contributed by atoms with E-state index < -0.39 is 16.1 Å². The van der Waals surface area contributed by atoms with Crippen LogP contribution in [0.15, 0.2) is 60.7 Å². The normalized spacial score (nSPS) is 12.8. The van der Waals surface area contributed by atoms with Crippen molar-refractivity contribution in [2.24, 2.45) is 0 Å². The van der Waals surface area contributed by atoms with E-state index in [1.54, 1.807) is 0 Å². The van der Waals surface area contributed by atoms with Gasteiger partial charge in [0.1, 0.15) is 0 Å². The van der Waals surface area contributed by atoms with Gasteiger partial charge < -0.3 is 0 Å². The molecule has 0 bridgehead atoms. The van der Waals surface area contributed by atoms with Gasteiger partial charge in [-0.1, -0.05) is 75.7 Å². The van der Waals surface area contributed by atoms with Crippen LogP contribution in [0.25, 0.3) is 11.1 Å². The summed E-state index contributed by atoms with van der Waals surface area (Å²) in [5.41, 5.74) is 12.7. The number of allylic oxidation sites excluding steroid dienone is 2. The molecule has 0 N–H and O–H groups in total. The van der Waals surface area contributed by atoms with Crippen molar-refractivity contribution in [3.63, 3.8) is 0 Å². The second-order valence-electron chi connectivity index (χ2n) is 8.23. The third-order valence-corrected chi connectivity index (χ3v) is 5.37. The van der Waals surface area contributed by atoms with Crippen molar-refractivity contribution in [1.29, 1.82) is 0 Å². The van der Waals surface area contributed by atoms with Crippen molar-refractivity contribution in [3.05, 3.63) is 83.2 Å². The summed E-state index contributed by atoms with van der Waals surface area (Å²) in [6.07, 6.45) is 0. The predicted molar refractivity (Wildman–Crippen MR) is 113 cm³/mol. The minimum absolute atomic E-state index is 0. The Hall–Kier alpha value is -0.451. The summed E-state index contributed by atoms with van der Waals surface area (Å²) in [5.74, 6) is 0. The quantitative estimate of drug-likeness (QED) is 0.413. The van der Waals surface area contributed by atoms with Crippen LogP contribution in [0.5, 0.6) is 0 Å². The maximum Gasteiger partial charge on any atom is 1.00 e. The second-order valence-corrected chi connectivity index (χ2v) is 17.7. The fourth-order valence-corrected chi connectivity index (χ4v) is 4.56. The van der Waals surface area contributed by atoms with Crippen LogP contribution in [-0.2, 0) is 0 Å². The third-order valence-electron chi connectivity index (χ3n) is 3.37. The van der Waals surface area contributed by atoms with Crippen LogP contribution in [0.3, 0.4) is 0 Å². The number of rotatable bonds is 5. The number of hydrogen-bond acceptors (Lipinski definition) is 0. The van der Waals surface area contributed by atoms with E-state index in [2.05, 4.69) is 111 Å². The summed E-state index contributed by atoms with van der Waals surface area (Å²) < 4.78 is 0. The topological polar surface area (TPSA) is 0 Å². The molecule has 126 valence electrons. The molecule has 0 amide bonds. The van der Waals surface area contributed by atoms with Crippen LogP contribution < -0.4 is 37.7 Å². The van der Waals surface area contributed by atoms with Crippen LogP contribution >= 0.6 is 0 Å². The van der Waals surface area contributed by atoms with Gasteiger partial charge in [-0.2, -0.15) is 11.1 Å². The predicted octanol–water partition coefficient (Wildman–Crippen LogP) is 0.523.